The van der Waals surface area contributed by atoms with Crippen LogP contribution in [0, 0.1) is 18.3 Å². The van der Waals surface area contributed by atoms with E-state index >= 15 is 0 Å². The summed E-state index contributed by atoms with van der Waals surface area (Å²) in [6.07, 6.45) is 3.62. The second-order valence-corrected chi connectivity index (χ2v) is 5.92. The topological polar surface area (TPSA) is 104 Å². The number of nitrogens with zero attached hydrogens (tertiary/aromatic N) is 3. The van der Waals surface area contributed by atoms with Crippen LogP contribution in [0.4, 0.5) is 0 Å². The summed E-state index contributed by atoms with van der Waals surface area (Å²) in [4.78, 5) is 20.0. The van der Waals surface area contributed by atoms with Gasteiger partial charge in [-0.05, 0) is 36.8 Å². The van der Waals surface area contributed by atoms with Crippen LogP contribution >= 0.6 is 0 Å². The predicted molar refractivity (Wildman–Crippen MR) is 106 cm³/mol. The van der Waals surface area contributed by atoms with E-state index in [0.29, 0.717) is 11.3 Å². The van der Waals surface area contributed by atoms with Gasteiger partial charge in [0.15, 0.2) is 11.5 Å². The van der Waals surface area contributed by atoms with Gasteiger partial charge in [-0.15, -0.1) is 0 Å². The molecule has 0 aliphatic heterocycles. The van der Waals surface area contributed by atoms with Crippen molar-refractivity contribution < 1.29 is 23.7 Å². The third-order valence-electron chi connectivity index (χ3n) is 3.70. The molecule has 30 heavy (non-hydrogen) atoms. The van der Waals surface area contributed by atoms with Crippen molar-refractivity contribution in [3.05, 3.63) is 78.3 Å². The summed E-state index contributed by atoms with van der Waals surface area (Å²) in [5.41, 5.74) is 1.27. The molecule has 2 aromatic carbocycles. The fourth-order valence-corrected chi connectivity index (χ4v) is 2.35. The van der Waals surface area contributed by atoms with Gasteiger partial charge in [-0.25, -0.2) is 14.8 Å². The quantitative estimate of drug-likeness (QED) is 0.249. The molecule has 3 rings (SSSR count). The Morgan fingerprint density at radius 1 is 1.00 bits per heavy atom. The maximum absolute atomic E-state index is 11.9. The summed E-state index contributed by atoms with van der Waals surface area (Å²) >= 11 is 0. The van der Waals surface area contributed by atoms with Crippen LogP contribution in [-0.2, 0) is 9.53 Å². The first-order chi connectivity index (χ1) is 14.6. The Bertz CT molecular complexity index is 1120. The molecule has 150 valence electrons. The van der Waals surface area contributed by atoms with Gasteiger partial charge in [0, 0.05) is 0 Å². The van der Waals surface area contributed by atoms with Gasteiger partial charge < -0.3 is 18.9 Å². The standard InChI is InChI=1S/C22H17N3O5/c1-15-7-8-18(30-22(26)9-10-27-2)19(11-15)29-21-12-20(24-14-25-21)28-17-6-4-3-5-16(17)13-23/h3-12,14H,1-2H3/b10-9+. The van der Waals surface area contributed by atoms with Crippen molar-refractivity contribution in [3.63, 3.8) is 0 Å². The lowest BCUT2D eigenvalue weighted by Crippen LogP contribution is -2.05. The van der Waals surface area contributed by atoms with Crippen molar-refractivity contribution in [2.45, 2.75) is 6.92 Å². The van der Waals surface area contributed by atoms with E-state index in [1.165, 1.54) is 25.8 Å². The van der Waals surface area contributed by atoms with E-state index in [4.69, 9.17) is 18.9 Å². The third kappa shape index (κ3) is 5.33. The lowest BCUT2D eigenvalue weighted by atomic mass is 10.2. The molecule has 3 aromatic rings. The normalized spacial score (nSPS) is 10.3. The van der Waals surface area contributed by atoms with Crippen LogP contribution in [0.2, 0.25) is 0 Å². The van der Waals surface area contributed by atoms with Crippen LogP contribution in [-0.4, -0.2) is 23.0 Å². The molecule has 1 aromatic heterocycles. The molecule has 0 atom stereocenters. The fourth-order valence-electron chi connectivity index (χ4n) is 2.35. The number of aryl methyl sites for hydroxylation is 1. The number of esters is 1. The molecule has 0 unspecified atom stereocenters. The summed E-state index contributed by atoms with van der Waals surface area (Å²) in [6, 6.07) is 15.4. The number of hydrogen-bond donors (Lipinski definition) is 0. The van der Waals surface area contributed by atoms with Gasteiger partial charge in [0.2, 0.25) is 11.8 Å². The Morgan fingerprint density at radius 3 is 2.47 bits per heavy atom. The summed E-state index contributed by atoms with van der Waals surface area (Å²) in [7, 11) is 1.42. The molecule has 1 heterocycles. The number of carbonyl (C=O) groups is 1. The lowest BCUT2D eigenvalue weighted by Gasteiger charge is -2.11. The monoisotopic (exact) mass is 403 g/mol. The van der Waals surface area contributed by atoms with Gasteiger partial charge in [0.05, 0.1) is 31.1 Å². The van der Waals surface area contributed by atoms with Crippen molar-refractivity contribution in [2.75, 3.05) is 7.11 Å². The molecule has 0 saturated heterocycles. The second kappa shape index (κ2) is 9.71. The Hall–Kier alpha value is -4.38. The van der Waals surface area contributed by atoms with E-state index in [1.807, 2.05) is 6.92 Å². The van der Waals surface area contributed by atoms with Crippen LogP contribution in [0.5, 0.6) is 29.0 Å². The first-order valence-electron chi connectivity index (χ1n) is 8.77. The van der Waals surface area contributed by atoms with Crippen LogP contribution in [0.3, 0.4) is 0 Å². The third-order valence-corrected chi connectivity index (χ3v) is 3.70. The average molecular weight is 403 g/mol. The highest BCUT2D eigenvalue weighted by Gasteiger charge is 2.13. The molecule has 0 fully saturated rings. The number of rotatable bonds is 7. The first-order valence-corrected chi connectivity index (χ1v) is 8.77. The van der Waals surface area contributed by atoms with Gasteiger partial charge in [0.1, 0.15) is 18.1 Å². The Kier molecular flexibility index (Phi) is 6.59. The van der Waals surface area contributed by atoms with Gasteiger partial charge in [-0.2, -0.15) is 5.26 Å². The zero-order chi connectivity index (χ0) is 21.3. The molecule has 8 heteroatoms. The minimum absolute atomic E-state index is 0.171. The van der Waals surface area contributed by atoms with Crippen molar-refractivity contribution in [1.82, 2.24) is 9.97 Å². The summed E-state index contributed by atoms with van der Waals surface area (Å²) in [5.74, 6) is 0.602. The largest absolute Gasteiger partial charge is 0.504 e. The lowest BCUT2D eigenvalue weighted by molar-refractivity contribution is -0.129. The van der Waals surface area contributed by atoms with E-state index in [9.17, 15) is 10.1 Å². The van der Waals surface area contributed by atoms with Crippen molar-refractivity contribution in [3.8, 4) is 35.1 Å². The highest BCUT2D eigenvalue weighted by Crippen LogP contribution is 2.33. The Morgan fingerprint density at radius 2 is 1.73 bits per heavy atom. The summed E-state index contributed by atoms with van der Waals surface area (Å²) in [6.45, 7) is 1.87. The van der Waals surface area contributed by atoms with Crippen molar-refractivity contribution in [2.24, 2.45) is 0 Å². The molecule has 0 spiro atoms. The zero-order valence-electron chi connectivity index (χ0n) is 16.2. The molecule has 0 N–H and O–H groups in total. The number of benzene rings is 2. The maximum atomic E-state index is 11.9. The molecular weight excluding hydrogens is 386 g/mol. The van der Waals surface area contributed by atoms with Crippen molar-refractivity contribution >= 4 is 5.97 Å². The molecule has 0 aliphatic carbocycles. The van der Waals surface area contributed by atoms with E-state index in [-0.39, 0.29) is 23.3 Å². The molecule has 0 radical (unpaired) electrons. The number of carbonyl (C=O) groups excluding carboxylic acids is 1. The number of aromatic nitrogens is 2. The van der Waals surface area contributed by atoms with Crippen molar-refractivity contribution in [1.29, 1.82) is 5.26 Å². The van der Waals surface area contributed by atoms with E-state index in [2.05, 4.69) is 16.0 Å². The average Bonchev–Trinajstić information content (AvgIpc) is 2.75. The fraction of sp³-hybridized carbons (Fsp3) is 0.0909. The number of nitriles is 1. The van der Waals surface area contributed by atoms with Crippen LogP contribution in [0.15, 0.2) is 67.2 Å². The number of ether oxygens (including phenoxy) is 4. The maximum Gasteiger partial charge on any atom is 0.339 e. The van der Waals surface area contributed by atoms with Crippen LogP contribution in [0.25, 0.3) is 0 Å². The second-order valence-electron chi connectivity index (χ2n) is 5.92. The molecule has 0 bridgehead atoms. The Labute approximate surface area is 172 Å². The van der Waals surface area contributed by atoms with Crippen LogP contribution < -0.4 is 14.2 Å². The molecule has 8 nitrogen and oxygen atoms in total. The van der Waals surface area contributed by atoms with E-state index in [1.54, 1.807) is 42.5 Å². The van der Waals surface area contributed by atoms with E-state index < -0.39 is 5.97 Å². The highest BCUT2D eigenvalue weighted by molar-refractivity contribution is 5.84. The van der Waals surface area contributed by atoms with Gasteiger partial charge in [-0.3, -0.25) is 0 Å². The van der Waals surface area contributed by atoms with Gasteiger partial charge >= 0.3 is 5.97 Å². The number of methoxy groups -OCH3 is 1. The predicted octanol–water partition coefficient (Wildman–Crippen LogP) is 4.31. The number of para-hydroxylation sites is 1. The molecular formula is C22H17N3O5. The minimum Gasteiger partial charge on any atom is -0.504 e. The molecule has 0 saturated carbocycles. The smallest absolute Gasteiger partial charge is 0.339 e. The Balaban J connectivity index is 1.82. The van der Waals surface area contributed by atoms with Gasteiger partial charge in [-0.1, -0.05) is 18.2 Å². The first kappa shape index (κ1) is 20.4. The minimum atomic E-state index is -0.620. The van der Waals surface area contributed by atoms with Crippen LogP contribution in [0.1, 0.15) is 11.1 Å². The van der Waals surface area contributed by atoms with E-state index in [0.717, 1.165) is 11.6 Å². The zero-order valence-corrected chi connectivity index (χ0v) is 16.2. The SMILES string of the molecule is CO/C=C/C(=O)Oc1ccc(C)cc1Oc1cc(Oc2ccccc2C#N)ncn1. The van der Waals surface area contributed by atoms with Gasteiger partial charge in [0.25, 0.3) is 0 Å². The summed E-state index contributed by atoms with van der Waals surface area (Å²) < 4.78 is 21.5. The molecule has 0 aliphatic rings. The number of hydrogen-bond acceptors (Lipinski definition) is 8. The summed E-state index contributed by atoms with van der Waals surface area (Å²) in [5, 5.41) is 9.19. The molecule has 0 amide bonds. The highest BCUT2D eigenvalue weighted by atomic mass is 16.6.